The largest absolute Gasteiger partial charge is 0.443 e. The number of nitrogens with two attached hydrogens (primary N) is 1. The Morgan fingerprint density at radius 3 is 3.00 bits per heavy atom. The average molecular weight is 241 g/mol. The lowest BCUT2D eigenvalue weighted by Gasteiger charge is -2.39. The molecule has 0 aromatic heterocycles. The van der Waals surface area contributed by atoms with E-state index in [-0.39, 0.29) is 12.2 Å². The number of rotatable bonds is 4. The maximum Gasteiger partial charge on any atom is 0.407 e. The van der Waals surface area contributed by atoms with E-state index in [0.29, 0.717) is 19.1 Å². The Kier molecular flexibility index (Phi) is 4.23. The number of alkyl carbamates (subject to hydrolysis) is 1. The number of piperidine rings is 1. The van der Waals surface area contributed by atoms with Gasteiger partial charge in [-0.25, -0.2) is 4.79 Å². The van der Waals surface area contributed by atoms with Gasteiger partial charge >= 0.3 is 6.09 Å². The van der Waals surface area contributed by atoms with Gasteiger partial charge in [0.2, 0.25) is 0 Å². The summed E-state index contributed by atoms with van der Waals surface area (Å²) in [5.41, 5.74) is 5.85. The second kappa shape index (κ2) is 5.69. The van der Waals surface area contributed by atoms with Gasteiger partial charge in [-0.3, -0.25) is 4.90 Å². The highest BCUT2D eigenvalue weighted by atomic mass is 16.6. The topological polar surface area (TPSA) is 67.6 Å². The van der Waals surface area contributed by atoms with Crippen LogP contribution in [0, 0.1) is 5.92 Å². The molecule has 2 fully saturated rings. The van der Waals surface area contributed by atoms with Crippen molar-refractivity contribution in [2.75, 3.05) is 26.2 Å². The lowest BCUT2D eigenvalue weighted by molar-refractivity contribution is 0.0593. The zero-order valence-electron chi connectivity index (χ0n) is 10.5. The molecule has 0 aromatic carbocycles. The van der Waals surface area contributed by atoms with Gasteiger partial charge in [-0.1, -0.05) is 13.3 Å². The minimum atomic E-state index is -0.289. The molecule has 2 rings (SSSR count). The summed E-state index contributed by atoms with van der Waals surface area (Å²) in [5, 5.41) is 2.69. The van der Waals surface area contributed by atoms with Crippen molar-refractivity contribution in [3.05, 3.63) is 0 Å². The molecule has 17 heavy (non-hydrogen) atoms. The predicted octanol–water partition coefficient (Wildman–Crippen LogP) is 0.544. The number of hydrogen-bond donors (Lipinski definition) is 2. The fourth-order valence-corrected chi connectivity index (χ4v) is 2.83. The Bertz CT molecular complexity index is 272. The van der Waals surface area contributed by atoms with Crippen LogP contribution in [0.5, 0.6) is 0 Å². The van der Waals surface area contributed by atoms with E-state index in [1.165, 1.54) is 19.3 Å². The Morgan fingerprint density at radius 2 is 2.41 bits per heavy atom. The first-order chi connectivity index (χ1) is 8.22. The van der Waals surface area contributed by atoms with Crippen molar-refractivity contribution in [1.82, 2.24) is 10.2 Å². The number of carbonyl (C=O) groups excluding carboxylic acids is 1. The van der Waals surface area contributed by atoms with Crippen LogP contribution in [0.3, 0.4) is 0 Å². The van der Waals surface area contributed by atoms with Crippen LogP contribution in [-0.4, -0.2) is 49.3 Å². The molecule has 0 spiro atoms. The summed E-state index contributed by atoms with van der Waals surface area (Å²) in [6, 6.07) is 0.452. The third-order valence-corrected chi connectivity index (χ3v) is 3.98. The number of nitrogens with one attached hydrogen (secondary N) is 1. The normalized spacial score (nSPS) is 34.5. The highest BCUT2D eigenvalue weighted by Crippen LogP contribution is 2.25. The molecule has 0 aromatic rings. The van der Waals surface area contributed by atoms with Crippen LogP contribution in [0.1, 0.15) is 26.2 Å². The van der Waals surface area contributed by atoms with Crippen LogP contribution < -0.4 is 11.1 Å². The minimum Gasteiger partial charge on any atom is -0.443 e. The van der Waals surface area contributed by atoms with Crippen LogP contribution in [0.4, 0.5) is 4.79 Å². The zero-order valence-corrected chi connectivity index (χ0v) is 10.5. The molecule has 5 heteroatoms. The van der Waals surface area contributed by atoms with E-state index < -0.39 is 0 Å². The third-order valence-electron chi connectivity index (χ3n) is 3.98. The van der Waals surface area contributed by atoms with E-state index in [9.17, 15) is 4.79 Å². The van der Waals surface area contributed by atoms with Crippen LogP contribution in [-0.2, 0) is 4.74 Å². The van der Waals surface area contributed by atoms with Crippen molar-refractivity contribution in [3.8, 4) is 0 Å². The molecule has 98 valence electrons. The Balaban J connectivity index is 1.85. The number of ether oxygens (including phenoxy) is 1. The zero-order chi connectivity index (χ0) is 12.3. The SMILES string of the molecule is CCC1CCN(CC2CNC(=O)O2)C(CN)C1. The van der Waals surface area contributed by atoms with Crippen molar-refractivity contribution in [3.63, 3.8) is 0 Å². The number of likely N-dealkylation sites (tertiary alicyclic amines) is 1. The van der Waals surface area contributed by atoms with Crippen molar-refractivity contribution in [1.29, 1.82) is 0 Å². The van der Waals surface area contributed by atoms with Crippen LogP contribution in [0.25, 0.3) is 0 Å². The van der Waals surface area contributed by atoms with Gasteiger partial charge in [-0.05, 0) is 25.3 Å². The minimum absolute atomic E-state index is 0.00488. The molecule has 2 saturated heterocycles. The lowest BCUT2D eigenvalue weighted by Crippen LogP contribution is -2.49. The molecule has 3 unspecified atom stereocenters. The van der Waals surface area contributed by atoms with E-state index in [1.54, 1.807) is 0 Å². The Labute approximate surface area is 103 Å². The van der Waals surface area contributed by atoms with Crippen molar-refractivity contribution < 1.29 is 9.53 Å². The van der Waals surface area contributed by atoms with Gasteiger partial charge in [0, 0.05) is 19.1 Å². The summed E-state index contributed by atoms with van der Waals surface area (Å²) in [5.74, 6) is 0.809. The van der Waals surface area contributed by atoms with Gasteiger partial charge in [0.05, 0.1) is 6.54 Å². The van der Waals surface area contributed by atoms with E-state index in [1.807, 2.05) is 0 Å². The predicted molar refractivity (Wildman–Crippen MR) is 65.7 cm³/mol. The Hall–Kier alpha value is -0.810. The van der Waals surface area contributed by atoms with E-state index in [4.69, 9.17) is 10.5 Å². The standard InChI is InChI=1S/C12H23N3O2/c1-2-9-3-4-15(10(5-9)6-13)8-11-7-14-12(16)17-11/h9-11H,2-8,13H2,1H3,(H,14,16). The second-order valence-electron chi connectivity index (χ2n) is 5.09. The number of cyclic esters (lactones) is 1. The first kappa shape index (κ1) is 12.6. The van der Waals surface area contributed by atoms with Crippen molar-refractivity contribution in [2.45, 2.75) is 38.3 Å². The molecule has 0 radical (unpaired) electrons. The second-order valence-corrected chi connectivity index (χ2v) is 5.09. The molecule has 1 amide bonds. The molecule has 3 N–H and O–H groups in total. The summed E-state index contributed by atoms with van der Waals surface area (Å²) in [6.45, 7) is 5.47. The average Bonchev–Trinajstić information content (AvgIpc) is 2.75. The van der Waals surface area contributed by atoms with E-state index in [2.05, 4.69) is 17.1 Å². The van der Waals surface area contributed by atoms with Gasteiger partial charge in [-0.15, -0.1) is 0 Å². The summed E-state index contributed by atoms with van der Waals surface area (Å²) in [4.78, 5) is 13.4. The smallest absolute Gasteiger partial charge is 0.407 e. The highest BCUT2D eigenvalue weighted by Gasteiger charge is 2.31. The first-order valence-electron chi connectivity index (χ1n) is 6.61. The number of amides is 1. The highest BCUT2D eigenvalue weighted by molar-refractivity contribution is 5.69. The van der Waals surface area contributed by atoms with E-state index in [0.717, 1.165) is 19.0 Å². The van der Waals surface area contributed by atoms with Crippen molar-refractivity contribution in [2.24, 2.45) is 11.7 Å². The first-order valence-corrected chi connectivity index (χ1v) is 6.61. The molecular formula is C12H23N3O2. The third kappa shape index (κ3) is 3.10. The monoisotopic (exact) mass is 241 g/mol. The van der Waals surface area contributed by atoms with Gasteiger partial charge in [0.15, 0.2) is 0 Å². The molecule has 3 atom stereocenters. The summed E-state index contributed by atoms with van der Waals surface area (Å²) >= 11 is 0. The van der Waals surface area contributed by atoms with Gasteiger partial charge in [0.1, 0.15) is 6.10 Å². The van der Waals surface area contributed by atoms with Gasteiger partial charge in [-0.2, -0.15) is 0 Å². The van der Waals surface area contributed by atoms with Crippen LogP contribution in [0.2, 0.25) is 0 Å². The summed E-state index contributed by atoms with van der Waals surface area (Å²) in [7, 11) is 0. The molecule has 2 aliphatic rings. The van der Waals surface area contributed by atoms with Crippen LogP contribution in [0.15, 0.2) is 0 Å². The summed E-state index contributed by atoms with van der Waals surface area (Å²) < 4.78 is 5.18. The number of nitrogens with zero attached hydrogens (tertiary/aromatic N) is 1. The molecule has 0 bridgehead atoms. The maximum absolute atomic E-state index is 11.0. The summed E-state index contributed by atoms with van der Waals surface area (Å²) in [6.07, 6.45) is 3.37. The molecular weight excluding hydrogens is 218 g/mol. The lowest BCUT2D eigenvalue weighted by atomic mass is 9.88. The molecule has 0 saturated carbocycles. The quantitative estimate of drug-likeness (QED) is 0.754. The fraction of sp³-hybridized carbons (Fsp3) is 0.917. The molecule has 0 aliphatic carbocycles. The van der Waals surface area contributed by atoms with Gasteiger partial charge < -0.3 is 15.8 Å². The van der Waals surface area contributed by atoms with Crippen molar-refractivity contribution >= 4 is 6.09 Å². The molecule has 2 aliphatic heterocycles. The molecule has 5 nitrogen and oxygen atoms in total. The van der Waals surface area contributed by atoms with E-state index >= 15 is 0 Å². The number of hydrogen-bond acceptors (Lipinski definition) is 4. The van der Waals surface area contributed by atoms with Crippen LogP contribution >= 0.6 is 0 Å². The van der Waals surface area contributed by atoms with Gasteiger partial charge in [0.25, 0.3) is 0 Å². The number of carbonyl (C=O) groups is 1. The fourth-order valence-electron chi connectivity index (χ4n) is 2.83. The maximum atomic E-state index is 11.0. The Morgan fingerprint density at radius 1 is 1.59 bits per heavy atom. The molecule has 2 heterocycles.